The highest BCUT2D eigenvalue weighted by atomic mass is 127. The highest BCUT2D eigenvalue weighted by Crippen LogP contribution is 2.25. The number of ether oxygens (including phenoxy) is 1. The Morgan fingerprint density at radius 2 is 1.96 bits per heavy atom. The van der Waals surface area contributed by atoms with E-state index < -0.39 is 11.7 Å². The predicted octanol–water partition coefficient (Wildman–Crippen LogP) is 3.61. The molecule has 3 N–H and O–H groups in total. The number of aromatic nitrogens is 1. The van der Waals surface area contributed by atoms with E-state index in [4.69, 9.17) is 4.74 Å². The minimum Gasteiger partial charge on any atom is -0.506 e. The summed E-state index contributed by atoms with van der Waals surface area (Å²) >= 11 is 1.84. The number of halogens is 1. The molecule has 0 spiro atoms. The second-order valence-corrected chi connectivity index (χ2v) is 8.15. The minimum atomic E-state index is -0.539. The first-order valence-electron chi connectivity index (χ1n) is 8.21. The molecule has 0 radical (unpaired) electrons. The van der Waals surface area contributed by atoms with E-state index in [2.05, 4.69) is 10.3 Å². The van der Waals surface area contributed by atoms with E-state index in [-0.39, 0.29) is 14.9 Å². The lowest BCUT2D eigenvalue weighted by Gasteiger charge is -2.19. The molecule has 0 aliphatic rings. The Morgan fingerprint density at radius 1 is 1.31 bits per heavy atom. The lowest BCUT2D eigenvalue weighted by molar-refractivity contribution is 0.0523. The van der Waals surface area contributed by atoms with Gasteiger partial charge < -0.3 is 20.1 Å². The van der Waals surface area contributed by atoms with E-state index in [1.54, 1.807) is 6.92 Å². The van der Waals surface area contributed by atoms with Crippen molar-refractivity contribution >= 4 is 28.7 Å². The molecule has 0 saturated carbocycles. The van der Waals surface area contributed by atoms with Crippen LogP contribution in [-0.2, 0) is 17.7 Å². The SMILES string of the molecule is Cc1[nH]c(=O)c(I)c(O)c1Cc1cccc(CNC(=O)OC(C)(C)C)c1. The molecule has 2 aromatic rings. The van der Waals surface area contributed by atoms with Crippen molar-refractivity contribution in [1.82, 2.24) is 10.3 Å². The van der Waals surface area contributed by atoms with Gasteiger partial charge in [0.05, 0.1) is 0 Å². The van der Waals surface area contributed by atoms with Crippen LogP contribution in [0.1, 0.15) is 43.2 Å². The van der Waals surface area contributed by atoms with Gasteiger partial charge in [-0.15, -0.1) is 0 Å². The number of carbonyl (C=O) groups excluding carboxylic acids is 1. The maximum absolute atomic E-state index is 11.8. The van der Waals surface area contributed by atoms with Gasteiger partial charge in [-0.3, -0.25) is 4.79 Å². The van der Waals surface area contributed by atoms with Crippen molar-refractivity contribution in [2.24, 2.45) is 0 Å². The molecule has 1 aromatic carbocycles. The Bertz CT molecular complexity index is 869. The zero-order valence-electron chi connectivity index (χ0n) is 15.3. The van der Waals surface area contributed by atoms with Crippen LogP contribution in [0.5, 0.6) is 5.75 Å². The number of H-pyrrole nitrogens is 1. The van der Waals surface area contributed by atoms with Crippen LogP contribution in [0, 0.1) is 10.5 Å². The molecule has 0 aliphatic heterocycles. The summed E-state index contributed by atoms with van der Waals surface area (Å²) in [6, 6.07) is 7.69. The van der Waals surface area contributed by atoms with Gasteiger partial charge in [0.2, 0.25) is 0 Å². The second kappa shape index (κ2) is 8.11. The molecular formula is C19H23IN2O4. The van der Waals surface area contributed by atoms with Gasteiger partial charge in [-0.05, 0) is 61.4 Å². The average molecular weight is 470 g/mol. The number of nitrogens with one attached hydrogen (secondary N) is 2. The Labute approximate surface area is 166 Å². The van der Waals surface area contributed by atoms with E-state index in [1.165, 1.54) is 0 Å². The lowest BCUT2D eigenvalue weighted by atomic mass is 10.0. The van der Waals surface area contributed by atoms with Crippen LogP contribution in [-0.4, -0.2) is 21.8 Å². The summed E-state index contributed by atoms with van der Waals surface area (Å²) in [7, 11) is 0. The molecule has 0 saturated heterocycles. The van der Waals surface area contributed by atoms with Gasteiger partial charge >= 0.3 is 6.09 Å². The first-order valence-corrected chi connectivity index (χ1v) is 9.29. The van der Waals surface area contributed by atoms with Crippen LogP contribution in [0.15, 0.2) is 29.1 Å². The Balaban J connectivity index is 2.12. The largest absolute Gasteiger partial charge is 0.506 e. The van der Waals surface area contributed by atoms with Gasteiger partial charge in [-0.25, -0.2) is 4.79 Å². The third-order valence-corrected chi connectivity index (χ3v) is 4.66. The summed E-state index contributed by atoms with van der Waals surface area (Å²) < 4.78 is 5.51. The minimum absolute atomic E-state index is 0.0177. The van der Waals surface area contributed by atoms with Gasteiger partial charge in [0.15, 0.2) is 0 Å². The number of alkyl carbamates (subject to hydrolysis) is 1. The van der Waals surface area contributed by atoms with Crippen LogP contribution in [0.4, 0.5) is 4.79 Å². The molecule has 26 heavy (non-hydrogen) atoms. The molecule has 0 unspecified atom stereocenters. The number of hydrogen-bond acceptors (Lipinski definition) is 4. The molecule has 1 amide bonds. The smallest absolute Gasteiger partial charge is 0.407 e. The van der Waals surface area contributed by atoms with Crippen LogP contribution in [0.3, 0.4) is 0 Å². The van der Waals surface area contributed by atoms with Crippen molar-refractivity contribution in [3.63, 3.8) is 0 Å². The molecule has 0 bridgehead atoms. The van der Waals surface area contributed by atoms with Crippen molar-refractivity contribution < 1.29 is 14.6 Å². The molecule has 1 aromatic heterocycles. The summed E-state index contributed by atoms with van der Waals surface area (Å²) in [6.07, 6.45) is 0.0108. The standard InChI is InChI=1S/C19H23IN2O4/c1-11-14(16(23)15(20)17(24)22-11)9-12-6-5-7-13(8-12)10-21-18(25)26-19(2,3)4/h5-8H,9-10H2,1-4H3,(H,21,25)(H2,22,23,24). The number of rotatable bonds is 4. The van der Waals surface area contributed by atoms with Crippen molar-refractivity contribution in [1.29, 1.82) is 0 Å². The zero-order valence-corrected chi connectivity index (χ0v) is 17.4. The van der Waals surface area contributed by atoms with Gasteiger partial charge in [0.1, 0.15) is 14.9 Å². The topological polar surface area (TPSA) is 91.4 Å². The molecule has 1 heterocycles. The summed E-state index contributed by atoms with van der Waals surface area (Å²) in [5.74, 6) is 0.0177. The Kier molecular flexibility index (Phi) is 6.33. The number of carbonyl (C=O) groups is 1. The van der Waals surface area contributed by atoms with Crippen LogP contribution in [0.2, 0.25) is 0 Å². The van der Waals surface area contributed by atoms with Crippen LogP contribution in [0.25, 0.3) is 0 Å². The number of amides is 1. The van der Waals surface area contributed by atoms with E-state index in [9.17, 15) is 14.7 Å². The van der Waals surface area contributed by atoms with Crippen molar-refractivity contribution in [2.75, 3.05) is 0 Å². The summed E-state index contributed by atoms with van der Waals surface area (Å²) in [5, 5.41) is 13.0. The quantitative estimate of drug-likeness (QED) is 0.596. The average Bonchev–Trinajstić information content (AvgIpc) is 2.54. The van der Waals surface area contributed by atoms with E-state index in [0.29, 0.717) is 24.2 Å². The molecular weight excluding hydrogens is 447 g/mol. The molecule has 0 atom stereocenters. The van der Waals surface area contributed by atoms with Crippen LogP contribution < -0.4 is 10.9 Å². The fourth-order valence-corrected chi connectivity index (χ4v) is 2.94. The molecule has 140 valence electrons. The summed E-state index contributed by atoms with van der Waals surface area (Å²) in [4.78, 5) is 26.2. The fourth-order valence-electron chi connectivity index (χ4n) is 2.48. The number of aromatic hydroxyl groups is 1. The number of pyridine rings is 1. The maximum Gasteiger partial charge on any atom is 0.407 e. The first kappa shape index (κ1) is 20.3. The molecule has 6 nitrogen and oxygen atoms in total. The summed E-state index contributed by atoms with van der Waals surface area (Å²) in [5.41, 5.74) is 2.39. The van der Waals surface area contributed by atoms with Gasteiger partial charge in [-0.2, -0.15) is 0 Å². The first-order chi connectivity index (χ1) is 12.1. The van der Waals surface area contributed by atoms with Gasteiger partial charge in [-0.1, -0.05) is 24.3 Å². The number of aromatic amines is 1. The number of aryl methyl sites for hydroxylation is 1. The number of benzene rings is 1. The monoisotopic (exact) mass is 470 g/mol. The molecule has 2 rings (SSSR count). The highest BCUT2D eigenvalue weighted by Gasteiger charge is 2.16. The molecule has 0 aliphatic carbocycles. The van der Waals surface area contributed by atoms with E-state index in [1.807, 2.05) is 67.6 Å². The molecule has 7 heteroatoms. The van der Waals surface area contributed by atoms with Crippen LogP contribution >= 0.6 is 22.6 Å². The zero-order chi connectivity index (χ0) is 19.5. The Morgan fingerprint density at radius 3 is 2.62 bits per heavy atom. The third kappa shape index (κ3) is 5.48. The van der Waals surface area contributed by atoms with Crippen molar-refractivity contribution in [3.05, 3.63) is 60.6 Å². The Hall–Kier alpha value is -2.03. The highest BCUT2D eigenvalue weighted by molar-refractivity contribution is 14.1. The van der Waals surface area contributed by atoms with Crippen molar-refractivity contribution in [3.8, 4) is 5.75 Å². The normalized spacial score (nSPS) is 11.3. The van der Waals surface area contributed by atoms with Gasteiger partial charge in [0.25, 0.3) is 5.56 Å². The van der Waals surface area contributed by atoms with Gasteiger partial charge in [0, 0.05) is 24.2 Å². The molecule has 0 fully saturated rings. The van der Waals surface area contributed by atoms with Crippen molar-refractivity contribution in [2.45, 2.75) is 46.3 Å². The number of hydrogen-bond donors (Lipinski definition) is 3. The van der Waals surface area contributed by atoms with E-state index in [0.717, 1.165) is 11.1 Å². The third-order valence-electron chi connectivity index (χ3n) is 3.65. The summed E-state index contributed by atoms with van der Waals surface area (Å²) in [6.45, 7) is 7.55. The predicted molar refractivity (Wildman–Crippen MR) is 109 cm³/mol. The van der Waals surface area contributed by atoms with E-state index >= 15 is 0 Å². The maximum atomic E-state index is 11.8. The second-order valence-electron chi connectivity index (χ2n) is 7.07. The fraction of sp³-hybridized carbons (Fsp3) is 0.368. The lowest BCUT2D eigenvalue weighted by Crippen LogP contribution is -2.32.